The molecule has 1 saturated heterocycles. The predicted octanol–water partition coefficient (Wildman–Crippen LogP) is 3.73. The Morgan fingerprint density at radius 1 is 1.16 bits per heavy atom. The van der Waals surface area contributed by atoms with Gasteiger partial charge in [0.1, 0.15) is 0 Å². The van der Waals surface area contributed by atoms with Crippen molar-refractivity contribution in [3.63, 3.8) is 0 Å². The molecule has 0 aliphatic carbocycles. The molecule has 0 saturated carbocycles. The van der Waals surface area contributed by atoms with Gasteiger partial charge in [0.25, 0.3) is 15.9 Å². The zero-order valence-electron chi connectivity index (χ0n) is 17.9. The maximum Gasteiger partial charge on any atom is 0.387 e. The third-order valence-corrected chi connectivity index (χ3v) is 6.76. The monoisotopic (exact) mass is 472 g/mol. The Hall–Kier alpha value is -2.66. The zero-order valence-corrected chi connectivity index (χ0v) is 18.7. The van der Waals surface area contributed by atoms with Gasteiger partial charge < -0.3 is 18.8 Å². The van der Waals surface area contributed by atoms with E-state index in [4.69, 9.17) is 9.15 Å². The van der Waals surface area contributed by atoms with Gasteiger partial charge in [-0.25, -0.2) is 8.42 Å². The summed E-state index contributed by atoms with van der Waals surface area (Å²) in [6.45, 7) is -0.0553. The largest absolute Gasteiger partial charge is 0.490 e. The smallest absolute Gasteiger partial charge is 0.387 e. The molecule has 11 heteroatoms. The van der Waals surface area contributed by atoms with Gasteiger partial charge in [-0.2, -0.15) is 13.1 Å². The zero-order chi connectivity index (χ0) is 23.3. The van der Waals surface area contributed by atoms with Crippen LogP contribution in [-0.4, -0.2) is 56.9 Å². The Labute approximate surface area is 185 Å². The molecule has 32 heavy (non-hydrogen) atoms. The highest BCUT2D eigenvalue weighted by molar-refractivity contribution is 7.89. The molecule has 0 unspecified atom stereocenters. The molecular formula is C21H26F2N2O6S. The van der Waals surface area contributed by atoms with Gasteiger partial charge in [0.2, 0.25) is 5.09 Å². The highest BCUT2D eigenvalue weighted by Gasteiger charge is 2.30. The minimum Gasteiger partial charge on any atom is -0.490 e. The summed E-state index contributed by atoms with van der Waals surface area (Å²) in [6.07, 6.45) is 2.57. The molecule has 2 heterocycles. The molecule has 8 nitrogen and oxygen atoms in total. The fraction of sp³-hybridized carbons (Fsp3) is 0.476. The second-order valence-corrected chi connectivity index (χ2v) is 9.21. The number of benzene rings is 1. The molecule has 1 aliphatic rings. The van der Waals surface area contributed by atoms with Crippen molar-refractivity contribution >= 4 is 15.9 Å². The molecule has 3 rings (SSSR count). The van der Waals surface area contributed by atoms with Crippen LogP contribution in [0.15, 0.2) is 39.8 Å². The first-order valence-electron chi connectivity index (χ1n) is 10.3. The average molecular weight is 473 g/mol. The third-order valence-electron chi connectivity index (χ3n) is 4.99. The number of carbonyl (C=O) groups excluding carboxylic acids is 1. The van der Waals surface area contributed by atoms with E-state index in [1.807, 2.05) is 0 Å². The maximum absolute atomic E-state index is 12.8. The molecule has 1 aromatic heterocycles. The van der Waals surface area contributed by atoms with Gasteiger partial charge in [0.15, 0.2) is 17.3 Å². The van der Waals surface area contributed by atoms with Crippen LogP contribution in [0, 0.1) is 0 Å². The Bertz CT molecular complexity index is 1030. The molecule has 2 aromatic rings. The van der Waals surface area contributed by atoms with E-state index in [-0.39, 0.29) is 35.5 Å². The number of ether oxygens (including phenoxy) is 2. The van der Waals surface area contributed by atoms with Crippen molar-refractivity contribution in [3.8, 4) is 11.5 Å². The summed E-state index contributed by atoms with van der Waals surface area (Å²) in [5.41, 5.74) is 0.610. The molecule has 1 amide bonds. The van der Waals surface area contributed by atoms with Gasteiger partial charge >= 0.3 is 6.61 Å². The lowest BCUT2D eigenvalue weighted by atomic mass is 10.2. The molecule has 1 aromatic carbocycles. The lowest BCUT2D eigenvalue weighted by Crippen LogP contribution is -2.35. The van der Waals surface area contributed by atoms with Gasteiger partial charge in [-0.05, 0) is 49.6 Å². The van der Waals surface area contributed by atoms with Crippen molar-refractivity contribution in [2.75, 3.05) is 26.7 Å². The highest BCUT2D eigenvalue weighted by atomic mass is 32.2. The van der Waals surface area contributed by atoms with E-state index in [1.54, 1.807) is 13.0 Å². The molecule has 0 atom stereocenters. The van der Waals surface area contributed by atoms with Gasteiger partial charge in [-0.3, -0.25) is 4.79 Å². The van der Waals surface area contributed by atoms with E-state index in [0.29, 0.717) is 18.7 Å². The van der Waals surface area contributed by atoms with Crippen LogP contribution < -0.4 is 9.47 Å². The van der Waals surface area contributed by atoms with Crippen LogP contribution in [-0.2, 0) is 16.6 Å². The first-order valence-corrected chi connectivity index (χ1v) is 11.7. The number of hydrogen-bond acceptors (Lipinski definition) is 6. The summed E-state index contributed by atoms with van der Waals surface area (Å²) >= 11 is 0. The number of amides is 1. The van der Waals surface area contributed by atoms with Gasteiger partial charge in [0, 0.05) is 26.7 Å². The van der Waals surface area contributed by atoms with Crippen LogP contribution in [0.25, 0.3) is 0 Å². The van der Waals surface area contributed by atoms with Crippen molar-refractivity contribution in [1.82, 2.24) is 9.21 Å². The van der Waals surface area contributed by atoms with E-state index >= 15 is 0 Å². The Morgan fingerprint density at radius 3 is 2.53 bits per heavy atom. The number of hydrogen-bond donors (Lipinski definition) is 0. The van der Waals surface area contributed by atoms with Crippen LogP contribution >= 0.6 is 0 Å². The minimum atomic E-state index is -3.78. The summed E-state index contributed by atoms with van der Waals surface area (Å²) < 4.78 is 67.1. The lowest BCUT2D eigenvalue weighted by molar-refractivity contribution is -0.0514. The van der Waals surface area contributed by atoms with Crippen molar-refractivity contribution in [2.45, 2.75) is 44.4 Å². The minimum absolute atomic E-state index is 0.0989. The number of halogens is 2. The molecule has 1 aliphatic heterocycles. The van der Waals surface area contributed by atoms with Crippen molar-refractivity contribution < 1.29 is 35.9 Å². The topological polar surface area (TPSA) is 89.3 Å². The molecule has 0 spiro atoms. The average Bonchev–Trinajstić information content (AvgIpc) is 3.26. The number of piperidine rings is 1. The van der Waals surface area contributed by atoms with E-state index in [0.717, 1.165) is 19.3 Å². The quantitative estimate of drug-likeness (QED) is 0.553. The molecule has 176 valence electrons. The summed E-state index contributed by atoms with van der Waals surface area (Å²) in [4.78, 5) is 14.1. The fourth-order valence-electron chi connectivity index (χ4n) is 3.45. The normalized spacial score (nSPS) is 15.0. The van der Waals surface area contributed by atoms with Crippen molar-refractivity contribution in [1.29, 1.82) is 0 Å². The van der Waals surface area contributed by atoms with E-state index < -0.39 is 22.5 Å². The van der Waals surface area contributed by atoms with E-state index in [1.165, 1.54) is 40.5 Å². The van der Waals surface area contributed by atoms with Crippen LogP contribution in [0.3, 0.4) is 0 Å². The van der Waals surface area contributed by atoms with Gasteiger partial charge in [0.05, 0.1) is 6.61 Å². The summed E-state index contributed by atoms with van der Waals surface area (Å²) in [6, 6.07) is 7.02. The summed E-state index contributed by atoms with van der Waals surface area (Å²) in [7, 11) is -2.26. The second kappa shape index (κ2) is 10.3. The molecule has 0 N–H and O–H groups in total. The number of rotatable bonds is 9. The van der Waals surface area contributed by atoms with Crippen LogP contribution in [0.2, 0.25) is 0 Å². The first kappa shape index (κ1) is 24.0. The Kier molecular flexibility index (Phi) is 7.73. The molecule has 1 fully saturated rings. The van der Waals surface area contributed by atoms with Crippen molar-refractivity contribution in [3.05, 3.63) is 41.7 Å². The summed E-state index contributed by atoms with van der Waals surface area (Å²) in [5.74, 6) is -0.584. The van der Waals surface area contributed by atoms with E-state index in [9.17, 15) is 22.0 Å². The highest BCUT2D eigenvalue weighted by Crippen LogP contribution is 2.30. The van der Waals surface area contributed by atoms with E-state index in [2.05, 4.69) is 4.74 Å². The number of carbonyl (C=O) groups is 1. The number of alkyl halides is 2. The van der Waals surface area contributed by atoms with Crippen LogP contribution in [0.4, 0.5) is 8.78 Å². The predicted molar refractivity (Wildman–Crippen MR) is 111 cm³/mol. The number of sulfonamides is 1. The van der Waals surface area contributed by atoms with Gasteiger partial charge in [-0.15, -0.1) is 0 Å². The Balaban J connectivity index is 1.72. The molecule has 0 bridgehead atoms. The Morgan fingerprint density at radius 2 is 1.88 bits per heavy atom. The third kappa shape index (κ3) is 5.57. The number of nitrogens with zero attached hydrogens (tertiary/aromatic N) is 2. The van der Waals surface area contributed by atoms with Gasteiger partial charge in [-0.1, -0.05) is 12.5 Å². The SMILES string of the molecule is CCOc1cc(CN(C)C(=O)c2ccc(S(=O)(=O)N3CCCCC3)o2)ccc1OC(F)F. The second-order valence-electron chi connectivity index (χ2n) is 7.34. The molecular weight excluding hydrogens is 446 g/mol. The van der Waals surface area contributed by atoms with Crippen LogP contribution in [0.1, 0.15) is 42.3 Å². The molecule has 0 radical (unpaired) electrons. The number of furan rings is 1. The summed E-state index contributed by atoms with van der Waals surface area (Å²) in [5, 5.41) is -0.261. The standard InChI is InChI=1S/C21H26F2N2O6S/c1-3-29-18-13-15(7-8-16(18)31-21(22)23)14-24(2)20(26)17-9-10-19(30-17)32(27,28)25-11-5-4-6-12-25/h7-10,13,21H,3-6,11-12,14H2,1-2H3. The van der Waals surface area contributed by atoms with Crippen LogP contribution in [0.5, 0.6) is 11.5 Å². The van der Waals surface area contributed by atoms with Crippen molar-refractivity contribution in [2.24, 2.45) is 0 Å². The lowest BCUT2D eigenvalue weighted by Gasteiger charge is -2.24. The fourth-order valence-corrected chi connectivity index (χ4v) is 4.88. The maximum atomic E-state index is 12.8. The first-order chi connectivity index (χ1) is 15.2.